The van der Waals surface area contributed by atoms with E-state index in [1.54, 1.807) is 6.07 Å². The number of fused-ring (bicyclic) bond motifs is 2. The molecule has 4 rings (SSSR count). The molecule has 25 heavy (non-hydrogen) atoms. The molecule has 0 spiro atoms. The Balaban J connectivity index is 1.49. The maximum Gasteiger partial charge on any atom is 0.162 e. The maximum atomic E-state index is 14.0. The minimum absolute atomic E-state index is 0.183. The molecule has 2 aromatic rings. The molecule has 2 fully saturated rings. The van der Waals surface area contributed by atoms with Crippen LogP contribution in [0.15, 0.2) is 48.5 Å². The van der Waals surface area contributed by atoms with E-state index in [1.807, 2.05) is 18.2 Å². The van der Waals surface area contributed by atoms with Crippen molar-refractivity contribution in [2.24, 2.45) is 0 Å². The van der Waals surface area contributed by atoms with Crippen molar-refractivity contribution in [3.8, 4) is 0 Å². The molecule has 2 atom stereocenters. The van der Waals surface area contributed by atoms with Gasteiger partial charge in [-0.3, -0.25) is 4.90 Å². The first-order valence-corrected chi connectivity index (χ1v) is 8.99. The normalized spacial score (nSPS) is 29.1. The van der Waals surface area contributed by atoms with E-state index in [4.69, 9.17) is 0 Å². The molecule has 4 heteroatoms. The Morgan fingerprint density at radius 2 is 1.64 bits per heavy atom. The van der Waals surface area contributed by atoms with Gasteiger partial charge in [-0.1, -0.05) is 42.5 Å². The average molecular weight is 343 g/mol. The predicted molar refractivity (Wildman–Crippen MR) is 93.0 cm³/mol. The Morgan fingerprint density at radius 3 is 2.32 bits per heavy atom. The van der Waals surface area contributed by atoms with Crippen LogP contribution >= 0.6 is 0 Å². The molecule has 0 aliphatic carbocycles. The van der Waals surface area contributed by atoms with Gasteiger partial charge in [-0.25, -0.2) is 8.78 Å². The smallest absolute Gasteiger partial charge is 0.162 e. The molecule has 0 aromatic heterocycles. The summed E-state index contributed by atoms with van der Waals surface area (Å²) in [5.74, 6) is -1.67. The lowest BCUT2D eigenvalue weighted by Crippen LogP contribution is -2.51. The summed E-state index contributed by atoms with van der Waals surface area (Å²) >= 11 is 0. The van der Waals surface area contributed by atoms with Crippen molar-refractivity contribution >= 4 is 0 Å². The molecule has 1 N–H and O–H groups in total. The lowest BCUT2D eigenvalue weighted by atomic mass is 9.81. The van der Waals surface area contributed by atoms with Crippen molar-refractivity contribution in [2.45, 2.75) is 56.3 Å². The van der Waals surface area contributed by atoms with Crippen molar-refractivity contribution < 1.29 is 13.9 Å². The van der Waals surface area contributed by atoms with Gasteiger partial charge in [0.25, 0.3) is 0 Å². The van der Waals surface area contributed by atoms with Crippen LogP contribution in [0, 0.1) is 11.6 Å². The molecule has 0 radical (unpaired) electrons. The van der Waals surface area contributed by atoms with Gasteiger partial charge in [-0.05, 0) is 42.9 Å². The standard InChI is InChI=1S/C21H23F2NO/c22-19-8-4-7-16(20(19)23)11-21(25)12-17-9-10-18(13-21)24(17)14-15-5-2-1-3-6-15/h1-8,17-18,25H,9-14H2. The Kier molecular flexibility index (Phi) is 4.34. The molecule has 2 aliphatic heterocycles. The van der Waals surface area contributed by atoms with Gasteiger partial charge in [0, 0.05) is 25.0 Å². The molecule has 2 unspecified atom stereocenters. The lowest BCUT2D eigenvalue weighted by Gasteiger charge is -2.44. The first-order chi connectivity index (χ1) is 12.0. The van der Waals surface area contributed by atoms with Crippen molar-refractivity contribution in [3.63, 3.8) is 0 Å². The quantitative estimate of drug-likeness (QED) is 0.905. The van der Waals surface area contributed by atoms with Gasteiger partial charge in [0.15, 0.2) is 11.6 Å². The van der Waals surface area contributed by atoms with Crippen LogP contribution in [-0.4, -0.2) is 27.7 Å². The molecule has 2 saturated heterocycles. The summed E-state index contributed by atoms with van der Waals surface area (Å²) in [4.78, 5) is 2.48. The van der Waals surface area contributed by atoms with Gasteiger partial charge < -0.3 is 5.11 Å². The van der Waals surface area contributed by atoms with Crippen LogP contribution in [0.3, 0.4) is 0 Å². The predicted octanol–water partition coefficient (Wildman–Crippen LogP) is 4.07. The maximum absolute atomic E-state index is 14.0. The van der Waals surface area contributed by atoms with E-state index < -0.39 is 17.2 Å². The average Bonchev–Trinajstić information content (AvgIpc) is 2.84. The van der Waals surface area contributed by atoms with E-state index in [-0.39, 0.29) is 12.0 Å². The highest BCUT2D eigenvalue weighted by Gasteiger charge is 2.47. The first kappa shape index (κ1) is 16.7. The molecule has 0 saturated carbocycles. The number of aliphatic hydroxyl groups is 1. The fraction of sp³-hybridized carbons (Fsp3) is 0.429. The highest BCUT2D eigenvalue weighted by Crippen LogP contribution is 2.43. The number of benzene rings is 2. The summed E-state index contributed by atoms with van der Waals surface area (Å²) < 4.78 is 27.5. The number of nitrogens with zero attached hydrogens (tertiary/aromatic N) is 1. The van der Waals surface area contributed by atoms with Crippen molar-refractivity contribution in [1.82, 2.24) is 4.90 Å². The number of rotatable bonds is 4. The highest BCUT2D eigenvalue weighted by molar-refractivity contribution is 5.22. The van der Waals surface area contributed by atoms with Gasteiger partial charge >= 0.3 is 0 Å². The van der Waals surface area contributed by atoms with Crippen LogP contribution < -0.4 is 0 Å². The second-order valence-electron chi connectivity index (χ2n) is 7.57. The zero-order chi connectivity index (χ0) is 17.4. The SMILES string of the molecule is OC1(Cc2cccc(F)c2F)CC2CCC(C1)N2Cc1ccccc1. The lowest BCUT2D eigenvalue weighted by molar-refractivity contribution is -0.0545. The van der Waals surface area contributed by atoms with Crippen molar-refractivity contribution in [3.05, 3.63) is 71.3 Å². The number of halogens is 2. The van der Waals surface area contributed by atoms with Crippen LogP contribution in [0.4, 0.5) is 8.78 Å². The molecule has 0 amide bonds. The minimum atomic E-state index is -0.951. The first-order valence-electron chi connectivity index (χ1n) is 8.99. The summed E-state index contributed by atoms with van der Waals surface area (Å²) in [6.07, 6.45) is 3.54. The fourth-order valence-electron chi connectivity index (χ4n) is 4.65. The summed E-state index contributed by atoms with van der Waals surface area (Å²) in [6, 6.07) is 15.2. The molecular formula is C21H23F2NO. The Morgan fingerprint density at radius 1 is 0.960 bits per heavy atom. The Hall–Kier alpha value is -1.78. The van der Waals surface area contributed by atoms with Gasteiger partial charge in [-0.2, -0.15) is 0 Å². The number of hydrogen-bond donors (Lipinski definition) is 1. The van der Waals surface area contributed by atoms with E-state index in [0.717, 1.165) is 25.5 Å². The third kappa shape index (κ3) is 3.33. The molecule has 2 heterocycles. The van der Waals surface area contributed by atoms with Gasteiger partial charge in [0.05, 0.1) is 5.60 Å². The van der Waals surface area contributed by atoms with E-state index in [9.17, 15) is 13.9 Å². The van der Waals surface area contributed by atoms with Crippen LogP contribution in [0.25, 0.3) is 0 Å². The second kappa shape index (κ2) is 6.50. The second-order valence-corrected chi connectivity index (χ2v) is 7.57. The third-order valence-electron chi connectivity index (χ3n) is 5.76. The summed E-state index contributed by atoms with van der Waals surface area (Å²) in [7, 11) is 0. The summed E-state index contributed by atoms with van der Waals surface area (Å²) in [5, 5.41) is 11.1. The zero-order valence-corrected chi connectivity index (χ0v) is 14.2. The van der Waals surface area contributed by atoms with E-state index >= 15 is 0 Å². The van der Waals surface area contributed by atoms with Crippen molar-refractivity contribution in [2.75, 3.05) is 0 Å². The van der Waals surface area contributed by atoms with Crippen LogP contribution in [0.5, 0.6) is 0 Å². The Labute approximate surface area is 147 Å². The van der Waals surface area contributed by atoms with Crippen LogP contribution in [0.2, 0.25) is 0 Å². The molecule has 2 bridgehead atoms. The van der Waals surface area contributed by atoms with E-state index in [0.29, 0.717) is 24.9 Å². The molecule has 2 aromatic carbocycles. The molecule has 132 valence electrons. The fourth-order valence-corrected chi connectivity index (χ4v) is 4.65. The van der Waals surface area contributed by atoms with E-state index in [1.165, 1.54) is 11.6 Å². The molecule has 2 nitrogen and oxygen atoms in total. The third-order valence-corrected chi connectivity index (χ3v) is 5.76. The minimum Gasteiger partial charge on any atom is -0.389 e. The number of piperidine rings is 1. The topological polar surface area (TPSA) is 23.5 Å². The van der Waals surface area contributed by atoms with Crippen LogP contribution in [0.1, 0.15) is 36.8 Å². The summed E-state index contributed by atoms with van der Waals surface area (Å²) in [6.45, 7) is 0.889. The Bertz CT molecular complexity index is 735. The van der Waals surface area contributed by atoms with Gasteiger partial charge in [-0.15, -0.1) is 0 Å². The van der Waals surface area contributed by atoms with Gasteiger partial charge in [0.2, 0.25) is 0 Å². The van der Waals surface area contributed by atoms with Crippen molar-refractivity contribution in [1.29, 1.82) is 0 Å². The molecule has 2 aliphatic rings. The largest absolute Gasteiger partial charge is 0.389 e. The van der Waals surface area contributed by atoms with Crippen LogP contribution in [-0.2, 0) is 13.0 Å². The molecular weight excluding hydrogens is 320 g/mol. The zero-order valence-electron chi connectivity index (χ0n) is 14.2. The summed E-state index contributed by atoms with van der Waals surface area (Å²) in [5.41, 5.74) is 0.604. The highest BCUT2D eigenvalue weighted by atomic mass is 19.2. The van der Waals surface area contributed by atoms with Gasteiger partial charge in [0.1, 0.15) is 0 Å². The number of hydrogen-bond acceptors (Lipinski definition) is 2. The monoisotopic (exact) mass is 343 g/mol. The van der Waals surface area contributed by atoms with E-state index in [2.05, 4.69) is 17.0 Å².